The van der Waals surface area contributed by atoms with Crippen molar-refractivity contribution in [2.45, 2.75) is 52.0 Å². The molecule has 0 spiro atoms. The monoisotopic (exact) mass is 287 g/mol. The number of hydrogen-bond donors (Lipinski definition) is 3. The lowest BCUT2D eigenvalue weighted by Gasteiger charge is -2.33. The second-order valence-corrected chi connectivity index (χ2v) is 6.75. The summed E-state index contributed by atoms with van der Waals surface area (Å²) >= 11 is 0. The number of benzene rings is 1. The van der Waals surface area contributed by atoms with Gasteiger partial charge in [0.05, 0.1) is 11.4 Å². The maximum Gasteiger partial charge on any atom is 0.224 e. The minimum atomic E-state index is 0.0812. The first kappa shape index (κ1) is 14.2. The molecular weight excluding hydrogens is 262 g/mol. The van der Waals surface area contributed by atoms with E-state index < -0.39 is 0 Å². The fourth-order valence-electron chi connectivity index (χ4n) is 3.47. The standard InChI is InChI=1S/C17H25N3O/c1-10-3-5-13(7-11(10)2)19-16-8-12-4-6-17(21)20-15(12)9-14(16)18/h8-11,13,19H,3-7,18H2,1-2H3,(H,20,21). The Morgan fingerprint density at radius 2 is 2.00 bits per heavy atom. The van der Waals surface area contributed by atoms with E-state index in [1.165, 1.54) is 24.8 Å². The van der Waals surface area contributed by atoms with Crippen molar-refractivity contribution in [2.75, 3.05) is 16.4 Å². The summed E-state index contributed by atoms with van der Waals surface area (Å²) in [6, 6.07) is 4.52. The van der Waals surface area contributed by atoms with Crippen molar-refractivity contribution < 1.29 is 4.79 Å². The quantitative estimate of drug-likeness (QED) is 0.730. The van der Waals surface area contributed by atoms with E-state index in [1.807, 2.05) is 6.07 Å². The van der Waals surface area contributed by atoms with E-state index in [0.29, 0.717) is 12.5 Å². The largest absolute Gasteiger partial charge is 0.397 e. The molecular formula is C17H25N3O. The Hall–Kier alpha value is -1.71. The van der Waals surface area contributed by atoms with Crippen LogP contribution in [0.25, 0.3) is 0 Å². The summed E-state index contributed by atoms with van der Waals surface area (Å²) < 4.78 is 0. The maximum atomic E-state index is 11.4. The molecule has 1 heterocycles. The SMILES string of the molecule is CC1CCC(Nc2cc3c(cc2N)NC(=O)CC3)CC1C. The van der Waals surface area contributed by atoms with Gasteiger partial charge in [-0.05, 0) is 55.2 Å². The lowest BCUT2D eigenvalue weighted by Crippen LogP contribution is -2.30. The lowest BCUT2D eigenvalue weighted by atomic mass is 9.79. The summed E-state index contributed by atoms with van der Waals surface area (Å²) in [5, 5.41) is 6.52. The van der Waals surface area contributed by atoms with Crippen LogP contribution in [-0.2, 0) is 11.2 Å². The molecule has 1 saturated carbocycles. The van der Waals surface area contributed by atoms with Crippen molar-refractivity contribution in [1.29, 1.82) is 0 Å². The average Bonchev–Trinajstić information content (AvgIpc) is 2.44. The van der Waals surface area contributed by atoms with Crippen molar-refractivity contribution in [3.05, 3.63) is 17.7 Å². The third kappa shape index (κ3) is 2.99. The second-order valence-electron chi connectivity index (χ2n) is 6.75. The molecule has 3 atom stereocenters. The zero-order chi connectivity index (χ0) is 15.0. The number of nitrogens with one attached hydrogen (secondary N) is 2. The molecule has 0 bridgehead atoms. The smallest absolute Gasteiger partial charge is 0.224 e. The van der Waals surface area contributed by atoms with Gasteiger partial charge in [0.15, 0.2) is 0 Å². The van der Waals surface area contributed by atoms with Gasteiger partial charge in [-0.25, -0.2) is 0 Å². The first-order valence-corrected chi connectivity index (χ1v) is 8.01. The van der Waals surface area contributed by atoms with Gasteiger partial charge in [0.2, 0.25) is 5.91 Å². The van der Waals surface area contributed by atoms with Gasteiger partial charge in [-0.1, -0.05) is 13.8 Å². The van der Waals surface area contributed by atoms with E-state index in [1.54, 1.807) is 0 Å². The number of fused-ring (bicyclic) bond motifs is 1. The van der Waals surface area contributed by atoms with Crippen molar-refractivity contribution >= 4 is 23.0 Å². The van der Waals surface area contributed by atoms with Crippen LogP contribution in [0.2, 0.25) is 0 Å². The van der Waals surface area contributed by atoms with Gasteiger partial charge in [-0.15, -0.1) is 0 Å². The Bertz CT molecular complexity index is 555. The minimum absolute atomic E-state index is 0.0812. The van der Waals surface area contributed by atoms with Gasteiger partial charge >= 0.3 is 0 Å². The number of carbonyl (C=O) groups excluding carboxylic acids is 1. The molecule has 0 radical (unpaired) electrons. The van der Waals surface area contributed by atoms with Gasteiger partial charge in [0.1, 0.15) is 0 Å². The highest BCUT2D eigenvalue weighted by molar-refractivity contribution is 5.95. The molecule has 1 aliphatic heterocycles. The van der Waals surface area contributed by atoms with Crippen LogP contribution >= 0.6 is 0 Å². The number of hydrogen-bond acceptors (Lipinski definition) is 3. The molecule has 4 nitrogen and oxygen atoms in total. The van der Waals surface area contributed by atoms with E-state index >= 15 is 0 Å². The van der Waals surface area contributed by atoms with Crippen molar-refractivity contribution in [3.63, 3.8) is 0 Å². The van der Waals surface area contributed by atoms with Gasteiger partial charge in [-0.3, -0.25) is 4.79 Å². The molecule has 0 saturated heterocycles. The van der Waals surface area contributed by atoms with Crippen molar-refractivity contribution in [3.8, 4) is 0 Å². The fourth-order valence-corrected chi connectivity index (χ4v) is 3.47. The van der Waals surface area contributed by atoms with Crippen LogP contribution in [0.5, 0.6) is 0 Å². The van der Waals surface area contributed by atoms with E-state index in [9.17, 15) is 4.79 Å². The van der Waals surface area contributed by atoms with Gasteiger partial charge in [-0.2, -0.15) is 0 Å². The number of rotatable bonds is 2. The third-order valence-electron chi connectivity index (χ3n) is 5.13. The number of nitrogens with two attached hydrogens (primary N) is 1. The van der Waals surface area contributed by atoms with Crippen LogP contribution in [0.1, 0.15) is 45.1 Å². The second kappa shape index (κ2) is 5.58. The first-order chi connectivity index (χ1) is 10.0. The normalized spacial score (nSPS) is 28.7. The predicted molar refractivity (Wildman–Crippen MR) is 87.4 cm³/mol. The Morgan fingerprint density at radius 1 is 1.19 bits per heavy atom. The van der Waals surface area contributed by atoms with Gasteiger partial charge in [0.25, 0.3) is 0 Å². The summed E-state index contributed by atoms with van der Waals surface area (Å²) in [5.41, 5.74) is 9.96. The molecule has 4 heteroatoms. The highest BCUT2D eigenvalue weighted by Crippen LogP contribution is 2.35. The molecule has 3 unspecified atom stereocenters. The van der Waals surface area contributed by atoms with E-state index in [0.717, 1.165) is 35.3 Å². The number of amides is 1. The summed E-state index contributed by atoms with van der Waals surface area (Å²) in [5.74, 6) is 1.66. The van der Waals surface area contributed by atoms with Crippen LogP contribution in [0, 0.1) is 11.8 Å². The van der Waals surface area contributed by atoms with Crippen LogP contribution in [-0.4, -0.2) is 11.9 Å². The van der Waals surface area contributed by atoms with Crippen LogP contribution < -0.4 is 16.4 Å². The third-order valence-corrected chi connectivity index (χ3v) is 5.13. The van der Waals surface area contributed by atoms with E-state index in [2.05, 4.69) is 30.5 Å². The summed E-state index contributed by atoms with van der Waals surface area (Å²) in [6.45, 7) is 4.68. The topological polar surface area (TPSA) is 67.2 Å². The lowest BCUT2D eigenvalue weighted by molar-refractivity contribution is -0.116. The number of aryl methyl sites for hydroxylation is 1. The molecule has 1 fully saturated rings. The van der Waals surface area contributed by atoms with Crippen LogP contribution in [0.4, 0.5) is 17.1 Å². The van der Waals surface area contributed by atoms with Crippen LogP contribution in [0.15, 0.2) is 12.1 Å². The average molecular weight is 287 g/mol. The summed E-state index contributed by atoms with van der Waals surface area (Å²) in [4.78, 5) is 11.4. The molecule has 3 rings (SSSR count). The summed E-state index contributed by atoms with van der Waals surface area (Å²) in [7, 11) is 0. The van der Waals surface area contributed by atoms with Crippen molar-refractivity contribution in [2.24, 2.45) is 11.8 Å². The molecule has 0 aromatic heterocycles. The fraction of sp³-hybridized carbons (Fsp3) is 0.588. The zero-order valence-corrected chi connectivity index (χ0v) is 12.9. The highest BCUT2D eigenvalue weighted by Gasteiger charge is 2.25. The molecule has 4 N–H and O–H groups in total. The molecule has 1 amide bonds. The number of carbonyl (C=O) groups is 1. The molecule has 1 aromatic rings. The van der Waals surface area contributed by atoms with E-state index in [4.69, 9.17) is 5.73 Å². The summed E-state index contributed by atoms with van der Waals surface area (Å²) in [6.07, 6.45) is 5.05. The number of nitrogen functional groups attached to an aromatic ring is 1. The molecule has 114 valence electrons. The Morgan fingerprint density at radius 3 is 2.76 bits per heavy atom. The Kier molecular flexibility index (Phi) is 3.79. The highest BCUT2D eigenvalue weighted by atomic mass is 16.1. The molecule has 1 aliphatic carbocycles. The van der Waals surface area contributed by atoms with Gasteiger partial charge < -0.3 is 16.4 Å². The molecule has 2 aliphatic rings. The van der Waals surface area contributed by atoms with Gasteiger partial charge in [0, 0.05) is 18.2 Å². The number of anilines is 3. The molecule has 21 heavy (non-hydrogen) atoms. The van der Waals surface area contributed by atoms with E-state index in [-0.39, 0.29) is 5.91 Å². The maximum absolute atomic E-state index is 11.4. The molecule has 1 aromatic carbocycles. The first-order valence-electron chi connectivity index (χ1n) is 8.01. The van der Waals surface area contributed by atoms with Crippen LogP contribution in [0.3, 0.4) is 0 Å². The minimum Gasteiger partial charge on any atom is -0.397 e. The Labute approximate surface area is 126 Å². The van der Waals surface area contributed by atoms with Crippen molar-refractivity contribution in [1.82, 2.24) is 0 Å². The predicted octanol–water partition coefficient (Wildman–Crippen LogP) is 3.39. The zero-order valence-electron chi connectivity index (χ0n) is 12.9. The Balaban J connectivity index is 1.75.